The summed E-state index contributed by atoms with van der Waals surface area (Å²) in [6.45, 7) is 6.63. The van der Waals surface area contributed by atoms with Crippen molar-refractivity contribution in [3.05, 3.63) is 29.8 Å². The molecule has 0 radical (unpaired) electrons. The number of carbonyl (C=O) groups excluding carboxylic acids is 2. The van der Waals surface area contributed by atoms with Crippen LogP contribution in [0, 0.1) is 5.92 Å². The fourth-order valence-electron chi connectivity index (χ4n) is 2.94. The van der Waals surface area contributed by atoms with Gasteiger partial charge in [0.2, 0.25) is 0 Å². The summed E-state index contributed by atoms with van der Waals surface area (Å²) in [5.41, 5.74) is 1.29. The second kappa shape index (κ2) is 9.41. The molecule has 1 amide bonds. The highest BCUT2D eigenvalue weighted by atomic mass is 32.2. The van der Waals surface area contributed by atoms with Crippen molar-refractivity contribution in [2.75, 3.05) is 31.3 Å². The molecule has 7 nitrogen and oxygen atoms in total. The van der Waals surface area contributed by atoms with Gasteiger partial charge in [-0.05, 0) is 35.4 Å². The van der Waals surface area contributed by atoms with Gasteiger partial charge >= 0.3 is 5.97 Å². The van der Waals surface area contributed by atoms with Crippen LogP contribution >= 0.6 is 0 Å². The van der Waals surface area contributed by atoms with Crippen molar-refractivity contribution in [3.63, 3.8) is 0 Å². The lowest BCUT2D eigenvalue weighted by atomic mass is 9.87. The van der Waals surface area contributed by atoms with Crippen molar-refractivity contribution in [1.29, 1.82) is 0 Å². The number of hydrogen-bond donors (Lipinski definition) is 1. The molecule has 1 heterocycles. The van der Waals surface area contributed by atoms with Gasteiger partial charge in [-0.15, -0.1) is 0 Å². The van der Waals surface area contributed by atoms with Crippen LogP contribution in [0.25, 0.3) is 0 Å². The summed E-state index contributed by atoms with van der Waals surface area (Å²) in [5, 5.41) is 2.61. The number of benzene rings is 1. The molecule has 0 spiro atoms. The van der Waals surface area contributed by atoms with Gasteiger partial charge in [-0.3, -0.25) is 9.59 Å². The largest absolute Gasteiger partial charge is 0.492 e. The molecule has 0 bridgehead atoms. The average molecular weight is 412 g/mol. The molecule has 1 N–H and O–H groups in total. The number of nitrogens with one attached hydrogen (secondary N) is 1. The summed E-state index contributed by atoms with van der Waals surface area (Å²) in [6.07, 6.45) is 0.498. The summed E-state index contributed by atoms with van der Waals surface area (Å²) >= 11 is 0. The molecular formula is C20H29NO6S. The van der Waals surface area contributed by atoms with E-state index in [2.05, 4.69) is 26.1 Å². The van der Waals surface area contributed by atoms with Gasteiger partial charge in [-0.1, -0.05) is 32.9 Å². The first-order valence-corrected chi connectivity index (χ1v) is 11.2. The summed E-state index contributed by atoms with van der Waals surface area (Å²) in [5.74, 6) is -0.322. The Morgan fingerprint density at radius 3 is 2.43 bits per heavy atom. The summed E-state index contributed by atoms with van der Waals surface area (Å²) in [7, 11) is -3.02. The van der Waals surface area contributed by atoms with Crippen LogP contribution in [0.15, 0.2) is 24.3 Å². The highest BCUT2D eigenvalue weighted by Crippen LogP contribution is 2.24. The van der Waals surface area contributed by atoms with Gasteiger partial charge in [-0.2, -0.15) is 0 Å². The molecule has 1 aliphatic heterocycles. The molecule has 1 saturated heterocycles. The van der Waals surface area contributed by atoms with Gasteiger partial charge < -0.3 is 14.8 Å². The zero-order valence-corrected chi connectivity index (χ0v) is 17.5. The van der Waals surface area contributed by atoms with Crippen molar-refractivity contribution in [1.82, 2.24) is 5.32 Å². The zero-order valence-electron chi connectivity index (χ0n) is 16.7. The summed E-state index contributed by atoms with van der Waals surface area (Å²) in [4.78, 5) is 23.4. The van der Waals surface area contributed by atoms with Crippen LogP contribution in [0.4, 0.5) is 0 Å². The predicted octanol–water partition coefficient (Wildman–Crippen LogP) is 1.85. The smallest absolute Gasteiger partial charge is 0.306 e. The van der Waals surface area contributed by atoms with Crippen LogP contribution < -0.4 is 10.1 Å². The van der Waals surface area contributed by atoms with E-state index < -0.39 is 21.7 Å². The maximum atomic E-state index is 11.7. The minimum atomic E-state index is -3.02. The number of rotatable bonds is 8. The van der Waals surface area contributed by atoms with Crippen LogP contribution in [-0.4, -0.2) is 51.6 Å². The Kier molecular flexibility index (Phi) is 7.46. The van der Waals surface area contributed by atoms with Crippen LogP contribution in [0.1, 0.15) is 39.2 Å². The second-order valence-electron chi connectivity index (χ2n) is 8.11. The average Bonchev–Trinajstić information content (AvgIpc) is 2.95. The van der Waals surface area contributed by atoms with Crippen molar-refractivity contribution in [3.8, 4) is 5.75 Å². The van der Waals surface area contributed by atoms with Gasteiger partial charge in [0.1, 0.15) is 12.4 Å². The molecule has 1 fully saturated rings. The molecule has 0 saturated carbocycles. The highest BCUT2D eigenvalue weighted by Gasteiger charge is 2.29. The third kappa shape index (κ3) is 7.50. The molecule has 2 rings (SSSR count). The van der Waals surface area contributed by atoms with E-state index >= 15 is 0 Å². The molecule has 28 heavy (non-hydrogen) atoms. The van der Waals surface area contributed by atoms with Crippen LogP contribution in [-0.2, 0) is 29.6 Å². The Morgan fingerprint density at radius 2 is 1.86 bits per heavy atom. The van der Waals surface area contributed by atoms with E-state index in [1.165, 1.54) is 5.56 Å². The molecular weight excluding hydrogens is 382 g/mol. The van der Waals surface area contributed by atoms with Crippen molar-refractivity contribution < 1.29 is 27.5 Å². The maximum absolute atomic E-state index is 11.7. The topological polar surface area (TPSA) is 98.8 Å². The Morgan fingerprint density at radius 1 is 1.18 bits per heavy atom. The van der Waals surface area contributed by atoms with Crippen molar-refractivity contribution in [2.45, 2.75) is 39.0 Å². The lowest BCUT2D eigenvalue weighted by molar-refractivity contribution is -0.149. The van der Waals surface area contributed by atoms with E-state index in [0.717, 1.165) is 5.75 Å². The first kappa shape index (κ1) is 22.2. The minimum absolute atomic E-state index is 0.0162. The predicted molar refractivity (Wildman–Crippen MR) is 106 cm³/mol. The third-order valence-electron chi connectivity index (χ3n) is 4.56. The van der Waals surface area contributed by atoms with Crippen LogP contribution in [0.3, 0.4) is 0 Å². The quantitative estimate of drug-likeness (QED) is 0.518. The SMILES string of the molecule is CC(C)(C)c1ccc(OCCNC(=O)COC(=O)C[C@H]2CCS(=O)(=O)C2)cc1. The van der Waals surface area contributed by atoms with Gasteiger partial charge in [0.25, 0.3) is 5.91 Å². The third-order valence-corrected chi connectivity index (χ3v) is 6.40. The van der Waals surface area contributed by atoms with Crippen LogP contribution in [0.5, 0.6) is 5.75 Å². The van der Waals surface area contributed by atoms with Gasteiger partial charge in [0.05, 0.1) is 18.1 Å². The fraction of sp³-hybridized carbons (Fsp3) is 0.600. The molecule has 1 aromatic rings. The zero-order chi connectivity index (χ0) is 20.8. The molecule has 0 aliphatic carbocycles. The monoisotopic (exact) mass is 411 g/mol. The van der Waals surface area contributed by atoms with Gasteiger partial charge in [0, 0.05) is 6.42 Å². The Labute approximate surface area is 166 Å². The second-order valence-corrected chi connectivity index (χ2v) is 10.3. The Hall–Kier alpha value is -2.09. The molecule has 1 aliphatic rings. The molecule has 0 aromatic heterocycles. The molecule has 8 heteroatoms. The highest BCUT2D eigenvalue weighted by molar-refractivity contribution is 7.91. The van der Waals surface area contributed by atoms with Gasteiger partial charge in [-0.25, -0.2) is 8.42 Å². The molecule has 1 aromatic carbocycles. The number of amides is 1. The number of carbonyl (C=O) groups is 2. The summed E-state index contributed by atoms with van der Waals surface area (Å²) < 4.78 is 33.2. The lowest BCUT2D eigenvalue weighted by Gasteiger charge is -2.19. The maximum Gasteiger partial charge on any atom is 0.306 e. The van der Waals surface area contributed by atoms with Crippen LogP contribution in [0.2, 0.25) is 0 Å². The Balaban J connectivity index is 1.59. The normalized spacial score (nSPS) is 18.5. The van der Waals surface area contributed by atoms with Gasteiger partial charge in [0.15, 0.2) is 16.4 Å². The fourth-order valence-corrected chi connectivity index (χ4v) is 4.80. The number of ether oxygens (including phenoxy) is 2. The van der Waals surface area contributed by atoms with E-state index in [-0.39, 0.29) is 42.4 Å². The standard InChI is InChI=1S/C20H29NO6S/c1-20(2,3)16-4-6-17(7-5-16)26-10-9-21-18(22)13-27-19(23)12-15-8-11-28(24,25)14-15/h4-7,15H,8-14H2,1-3H3,(H,21,22)/t15-/m1/s1. The van der Waals surface area contributed by atoms with Crippen molar-refractivity contribution >= 4 is 21.7 Å². The summed E-state index contributed by atoms with van der Waals surface area (Å²) in [6, 6.07) is 7.83. The number of sulfone groups is 1. The first-order valence-electron chi connectivity index (χ1n) is 9.41. The first-order chi connectivity index (χ1) is 13.0. The van der Waals surface area contributed by atoms with E-state index in [1.54, 1.807) is 0 Å². The molecule has 1 atom stereocenters. The van der Waals surface area contributed by atoms with Crippen molar-refractivity contribution in [2.24, 2.45) is 5.92 Å². The molecule has 0 unspecified atom stereocenters. The number of hydrogen-bond acceptors (Lipinski definition) is 6. The molecule has 156 valence electrons. The van der Waals surface area contributed by atoms with E-state index in [1.807, 2.05) is 24.3 Å². The van der Waals surface area contributed by atoms with E-state index in [9.17, 15) is 18.0 Å². The van der Waals surface area contributed by atoms with E-state index in [4.69, 9.17) is 9.47 Å². The minimum Gasteiger partial charge on any atom is -0.492 e. The van der Waals surface area contributed by atoms with E-state index in [0.29, 0.717) is 13.0 Å². The Bertz CT molecular complexity index is 780. The number of esters is 1. The lowest BCUT2D eigenvalue weighted by Crippen LogP contribution is -2.32.